The van der Waals surface area contributed by atoms with E-state index in [0.717, 1.165) is 22.9 Å². The van der Waals surface area contributed by atoms with Crippen molar-refractivity contribution in [3.63, 3.8) is 0 Å². The Morgan fingerprint density at radius 1 is 0.774 bits per heavy atom. The van der Waals surface area contributed by atoms with Crippen molar-refractivity contribution in [3.8, 4) is 11.5 Å². The zero-order chi connectivity index (χ0) is 22.1. The van der Waals surface area contributed by atoms with Gasteiger partial charge in [0.2, 0.25) is 17.8 Å². The number of carbonyl (C=O) groups is 1. The Hall–Kier alpha value is -4.08. The SMILES string of the molecule is CCOc1ccc(Nc2nc(NCC(=O)O)nc(Nc3ccc(OCC)cc3)n2)cc1. The van der Waals surface area contributed by atoms with E-state index >= 15 is 0 Å². The number of aliphatic carboxylic acids is 1. The van der Waals surface area contributed by atoms with Gasteiger partial charge in [0.15, 0.2) is 0 Å². The first-order valence-corrected chi connectivity index (χ1v) is 9.77. The Morgan fingerprint density at radius 2 is 1.19 bits per heavy atom. The molecule has 0 spiro atoms. The van der Waals surface area contributed by atoms with Crippen molar-refractivity contribution in [2.45, 2.75) is 13.8 Å². The van der Waals surface area contributed by atoms with E-state index in [9.17, 15) is 4.79 Å². The molecule has 0 atom stereocenters. The summed E-state index contributed by atoms with van der Waals surface area (Å²) in [6, 6.07) is 14.6. The monoisotopic (exact) mass is 424 g/mol. The minimum atomic E-state index is -1.03. The van der Waals surface area contributed by atoms with Gasteiger partial charge in [0.05, 0.1) is 13.2 Å². The lowest BCUT2D eigenvalue weighted by atomic mass is 10.3. The number of carboxylic acid groups (broad SMARTS) is 1. The van der Waals surface area contributed by atoms with Crippen molar-refractivity contribution in [1.82, 2.24) is 15.0 Å². The normalized spacial score (nSPS) is 10.3. The maximum atomic E-state index is 10.9. The zero-order valence-electron chi connectivity index (χ0n) is 17.3. The summed E-state index contributed by atoms with van der Waals surface area (Å²) in [7, 11) is 0. The second kappa shape index (κ2) is 10.6. The fourth-order valence-corrected chi connectivity index (χ4v) is 2.58. The lowest BCUT2D eigenvalue weighted by Gasteiger charge is -2.11. The van der Waals surface area contributed by atoms with Gasteiger partial charge in [0.25, 0.3) is 0 Å². The number of hydrogen-bond donors (Lipinski definition) is 4. The zero-order valence-corrected chi connectivity index (χ0v) is 17.3. The molecular weight excluding hydrogens is 400 g/mol. The molecule has 31 heavy (non-hydrogen) atoms. The first-order valence-electron chi connectivity index (χ1n) is 9.77. The number of rotatable bonds is 11. The van der Waals surface area contributed by atoms with E-state index in [2.05, 4.69) is 30.9 Å². The van der Waals surface area contributed by atoms with Crippen LogP contribution in [0.4, 0.5) is 29.2 Å². The van der Waals surface area contributed by atoms with Crippen LogP contribution in [0, 0.1) is 0 Å². The van der Waals surface area contributed by atoms with Crippen LogP contribution in [-0.2, 0) is 4.79 Å². The molecule has 0 fully saturated rings. The molecule has 0 aliphatic carbocycles. The second-order valence-corrected chi connectivity index (χ2v) is 6.22. The van der Waals surface area contributed by atoms with Crippen LogP contribution in [0.1, 0.15) is 13.8 Å². The molecule has 10 heteroatoms. The van der Waals surface area contributed by atoms with E-state index in [1.54, 1.807) is 0 Å². The van der Waals surface area contributed by atoms with Gasteiger partial charge in [-0.25, -0.2) is 0 Å². The van der Waals surface area contributed by atoms with Crippen molar-refractivity contribution in [2.24, 2.45) is 0 Å². The third kappa shape index (κ3) is 6.74. The minimum Gasteiger partial charge on any atom is -0.494 e. The highest BCUT2D eigenvalue weighted by molar-refractivity contribution is 5.72. The quantitative estimate of drug-likeness (QED) is 0.362. The van der Waals surface area contributed by atoms with Gasteiger partial charge in [-0.05, 0) is 62.4 Å². The average Bonchev–Trinajstić information content (AvgIpc) is 2.75. The van der Waals surface area contributed by atoms with Crippen LogP contribution < -0.4 is 25.4 Å². The highest BCUT2D eigenvalue weighted by Gasteiger charge is 2.09. The third-order valence-corrected chi connectivity index (χ3v) is 3.88. The van der Waals surface area contributed by atoms with Crippen LogP contribution >= 0.6 is 0 Å². The van der Waals surface area contributed by atoms with Crippen molar-refractivity contribution in [1.29, 1.82) is 0 Å². The van der Waals surface area contributed by atoms with Gasteiger partial charge < -0.3 is 30.5 Å². The molecule has 1 aromatic heterocycles. The van der Waals surface area contributed by atoms with Crippen LogP contribution in [0.5, 0.6) is 11.5 Å². The van der Waals surface area contributed by atoms with Gasteiger partial charge in [-0.3, -0.25) is 4.79 Å². The van der Waals surface area contributed by atoms with E-state index in [1.165, 1.54) is 0 Å². The van der Waals surface area contributed by atoms with Gasteiger partial charge in [-0.2, -0.15) is 15.0 Å². The van der Waals surface area contributed by atoms with E-state index < -0.39 is 5.97 Å². The van der Waals surface area contributed by atoms with Gasteiger partial charge in [0.1, 0.15) is 18.0 Å². The highest BCUT2D eigenvalue weighted by Crippen LogP contribution is 2.22. The molecule has 0 saturated heterocycles. The van der Waals surface area contributed by atoms with E-state index in [0.29, 0.717) is 13.2 Å². The number of nitrogens with zero attached hydrogens (tertiary/aromatic N) is 3. The molecule has 3 rings (SSSR count). The summed E-state index contributed by atoms with van der Waals surface area (Å²) in [5, 5.41) is 17.8. The fourth-order valence-electron chi connectivity index (χ4n) is 2.58. The molecule has 2 aromatic carbocycles. The van der Waals surface area contributed by atoms with Gasteiger partial charge in [-0.15, -0.1) is 0 Å². The summed E-state index contributed by atoms with van der Waals surface area (Å²) in [5.41, 5.74) is 1.48. The summed E-state index contributed by atoms with van der Waals surface area (Å²) in [4.78, 5) is 23.8. The molecule has 4 N–H and O–H groups in total. The van der Waals surface area contributed by atoms with E-state index in [-0.39, 0.29) is 24.4 Å². The minimum absolute atomic E-state index is 0.124. The first-order chi connectivity index (χ1) is 15.1. The molecule has 0 aliphatic rings. The van der Waals surface area contributed by atoms with Crippen molar-refractivity contribution < 1.29 is 19.4 Å². The number of aromatic nitrogens is 3. The van der Waals surface area contributed by atoms with Crippen LogP contribution in [0.2, 0.25) is 0 Å². The Balaban J connectivity index is 1.80. The molecule has 10 nitrogen and oxygen atoms in total. The van der Waals surface area contributed by atoms with Gasteiger partial charge in [0, 0.05) is 11.4 Å². The maximum Gasteiger partial charge on any atom is 0.322 e. The van der Waals surface area contributed by atoms with Crippen LogP contribution in [0.3, 0.4) is 0 Å². The number of benzene rings is 2. The largest absolute Gasteiger partial charge is 0.494 e. The predicted octanol–water partition coefficient (Wildman–Crippen LogP) is 3.65. The number of anilines is 5. The summed E-state index contributed by atoms with van der Waals surface area (Å²) in [6.45, 7) is 4.68. The molecule has 0 amide bonds. The van der Waals surface area contributed by atoms with Crippen molar-refractivity contribution in [3.05, 3.63) is 48.5 Å². The van der Waals surface area contributed by atoms with Crippen LogP contribution in [-0.4, -0.2) is 45.8 Å². The summed E-state index contributed by atoms with van der Waals surface area (Å²) in [6.07, 6.45) is 0. The van der Waals surface area contributed by atoms with Crippen molar-refractivity contribution in [2.75, 3.05) is 35.7 Å². The van der Waals surface area contributed by atoms with Crippen LogP contribution in [0.15, 0.2) is 48.5 Å². The Kier molecular flexibility index (Phi) is 7.41. The van der Waals surface area contributed by atoms with Crippen molar-refractivity contribution >= 4 is 35.2 Å². The Bertz CT molecular complexity index is 926. The predicted molar refractivity (Wildman–Crippen MR) is 118 cm³/mol. The Morgan fingerprint density at radius 3 is 1.58 bits per heavy atom. The standard InChI is InChI=1S/C21H24N6O4/c1-3-30-16-9-5-14(6-10-16)23-20-25-19(22-13-18(28)29)26-21(27-20)24-15-7-11-17(12-8-15)31-4-2/h5-12H,3-4,13H2,1-2H3,(H,28,29)(H3,22,23,24,25,26,27). The van der Waals surface area contributed by atoms with Gasteiger partial charge in [-0.1, -0.05) is 0 Å². The third-order valence-electron chi connectivity index (χ3n) is 3.88. The highest BCUT2D eigenvalue weighted by atomic mass is 16.5. The molecule has 1 heterocycles. The Labute approximate surface area is 179 Å². The smallest absolute Gasteiger partial charge is 0.322 e. The lowest BCUT2D eigenvalue weighted by molar-refractivity contribution is -0.134. The lowest BCUT2D eigenvalue weighted by Crippen LogP contribution is -2.16. The summed E-state index contributed by atoms with van der Waals surface area (Å²) >= 11 is 0. The van der Waals surface area contributed by atoms with E-state index in [1.807, 2.05) is 62.4 Å². The van der Waals surface area contributed by atoms with Gasteiger partial charge >= 0.3 is 5.97 Å². The fraction of sp³-hybridized carbons (Fsp3) is 0.238. The molecule has 0 saturated carbocycles. The molecule has 0 unspecified atom stereocenters. The topological polar surface area (TPSA) is 131 Å². The summed E-state index contributed by atoms with van der Waals surface area (Å²) in [5.74, 6) is 1.11. The molecule has 0 aliphatic heterocycles. The maximum absolute atomic E-state index is 10.9. The molecular formula is C21H24N6O4. The first kappa shape index (κ1) is 21.6. The molecule has 0 radical (unpaired) electrons. The number of hydrogen-bond acceptors (Lipinski definition) is 9. The van der Waals surface area contributed by atoms with Crippen LogP contribution in [0.25, 0.3) is 0 Å². The molecule has 162 valence electrons. The molecule has 3 aromatic rings. The average molecular weight is 424 g/mol. The molecule has 0 bridgehead atoms. The summed E-state index contributed by atoms with van der Waals surface area (Å²) < 4.78 is 10.9. The number of ether oxygens (including phenoxy) is 2. The second-order valence-electron chi connectivity index (χ2n) is 6.22. The number of nitrogens with one attached hydrogen (secondary N) is 3. The number of carboxylic acids is 1. The van der Waals surface area contributed by atoms with E-state index in [4.69, 9.17) is 14.6 Å².